The molecule has 0 heterocycles. The molecule has 1 aromatic rings. The predicted molar refractivity (Wildman–Crippen MR) is 74.9 cm³/mol. The van der Waals surface area contributed by atoms with Crippen LogP contribution < -0.4 is 15.7 Å². The number of carboxylic acid groups (broad SMARTS) is 1. The molecule has 1 atom stereocenters. The van der Waals surface area contributed by atoms with Crippen molar-refractivity contribution in [1.29, 1.82) is 0 Å². The van der Waals surface area contributed by atoms with Crippen LogP contribution in [0.1, 0.15) is 25.8 Å². The number of carbonyl (C=O) groups excluding carboxylic acids is 2. The maximum atomic E-state index is 11.8. The van der Waals surface area contributed by atoms with Crippen molar-refractivity contribution in [2.24, 2.45) is 5.92 Å². The second kappa shape index (κ2) is 7.65. The Morgan fingerprint density at radius 3 is 2.35 bits per heavy atom. The normalized spacial score (nSPS) is 12.2. The lowest BCUT2D eigenvalue weighted by atomic mass is 10.1. The quantitative estimate of drug-likeness (QED) is 0.715. The van der Waals surface area contributed by atoms with Crippen LogP contribution in [-0.4, -0.2) is 24.5 Å². The van der Waals surface area contributed by atoms with Crippen LogP contribution in [0.25, 0.3) is 0 Å². The van der Waals surface area contributed by atoms with Gasteiger partial charge in [0.25, 0.3) is 0 Å². The van der Waals surface area contributed by atoms with Crippen LogP contribution in [0.4, 0.5) is 5.69 Å². The van der Waals surface area contributed by atoms with Gasteiger partial charge in [-0.2, -0.15) is 0 Å². The van der Waals surface area contributed by atoms with E-state index >= 15 is 0 Å². The fourth-order valence-corrected chi connectivity index (χ4v) is 1.75. The molecule has 0 fully saturated rings. The van der Waals surface area contributed by atoms with Crippen molar-refractivity contribution >= 4 is 17.6 Å². The van der Waals surface area contributed by atoms with Crippen LogP contribution >= 0.6 is 0 Å². The minimum absolute atomic E-state index is 0.0943. The van der Waals surface area contributed by atoms with Crippen molar-refractivity contribution in [3.05, 3.63) is 29.8 Å². The van der Waals surface area contributed by atoms with E-state index < -0.39 is 12.0 Å². The Labute approximate surface area is 119 Å². The molecular weight excluding hydrogens is 256 g/mol. The highest BCUT2D eigenvalue weighted by Gasteiger charge is 2.18. The summed E-state index contributed by atoms with van der Waals surface area (Å²) < 4.78 is 0. The molecule has 0 saturated carbocycles. The topological polar surface area (TPSA) is 85.8 Å². The number of nitrogens with two attached hydrogens (primary N) is 1. The van der Waals surface area contributed by atoms with Gasteiger partial charge in [0, 0.05) is 11.6 Å². The summed E-state index contributed by atoms with van der Waals surface area (Å²) in [4.78, 5) is 22.9. The number of nitrogens with one attached hydrogen (secondary N) is 1. The van der Waals surface area contributed by atoms with Crippen LogP contribution in [0.5, 0.6) is 0 Å². The highest BCUT2D eigenvalue weighted by Crippen LogP contribution is 2.08. The number of quaternary nitrogens is 1. The first-order chi connectivity index (χ1) is 9.38. The lowest BCUT2D eigenvalue weighted by Crippen LogP contribution is -2.94. The van der Waals surface area contributed by atoms with Gasteiger partial charge in [0.05, 0.1) is 18.9 Å². The summed E-state index contributed by atoms with van der Waals surface area (Å²) in [7, 11) is 0. The molecule has 5 nitrogen and oxygen atoms in total. The number of aliphatic carboxylic acids is 1. The van der Waals surface area contributed by atoms with E-state index in [1.807, 2.05) is 32.9 Å². The number of hydrogen-bond donors (Lipinski definition) is 2. The van der Waals surface area contributed by atoms with Crippen molar-refractivity contribution < 1.29 is 20.0 Å². The van der Waals surface area contributed by atoms with Gasteiger partial charge in [-0.15, -0.1) is 0 Å². The van der Waals surface area contributed by atoms with Crippen molar-refractivity contribution in [2.45, 2.75) is 33.2 Å². The average Bonchev–Trinajstić information content (AvgIpc) is 2.36. The van der Waals surface area contributed by atoms with Crippen LogP contribution in [0, 0.1) is 12.8 Å². The number of aryl methyl sites for hydroxylation is 1. The van der Waals surface area contributed by atoms with Crippen molar-refractivity contribution in [2.75, 3.05) is 11.9 Å². The Balaban J connectivity index is 2.53. The highest BCUT2D eigenvalue weighted by atomic mass is 16.4. The number of carbonyl (C=O) groups is 2. The molecule has 0 saturated heterocycles. The van der Waals surface area contributed by atoms with E-state index in [9.17, 15) is 14.7 Å². The van der Waals surface area contributed by atoms with E-state index in [2.05, 4.69) is 5.32 Å². The number of hydrogen-bond acceptors (Lipinski definition) is 3. The van der Waals surface area contributed by atoms with E-state index in [0.29, 0.717) is 18.2 Å². The maximum Gasteiger partial charge on any atom is 0.230 e. The predicted octanol–water partition coefficient (Wildman–Crippen LogP) is -0.338. The molecule has 1 aromatic carbocycles. The Hall–Kier alpha value is -1.88. The third-order valence-electron chi connectivity index (χ3n) is 2.94. The molecule has 110 valence electrons. The van der Waals surface area contributed by atoms with Gasteiger partial charge in [0.1, 0.15) is 6.04 Å². The fraction of sp³-hybridized carbons (Fsp3) is 0.467. The number of benzene rings is 1. The summed E-state index contributed by atoms with van der Waals surface area (Å²) in [5.41, 5.74) is 1.77. The van der Waals surface area contributed by atoms with Gasteiger partial charge in [0.2, 0.25) is 5.91 Å². The summed E-state index contributed by atoms with van der Waals surface area (Å²) in [6.45, 7) is 6.60. The van der Waals surface area contributed by atoms with E-state index in [4.69, 9.17) is 0 Å². The monoisotopic (exact) mass is 278 g/mol. The first kappa shape index (κ1) is 16.2. The SMILES string of the molecule is Cc1ccc(NC(=O)C[C@@H]([NH2+]CC(C)C)C(=O)[O-])cc1. The third kappa shape index (κ3) is 5.84. The molecule has 0 bridgehead atoms. The first-order valence-corrected chi connectivity index (χ1v) is 6.79. The molecule has 20 heavy (non-hydrogen) atoms. The molecule has 3 N–H and O–H groups in total. The Kier molecular flexibility index (Phi) is 6.18. The lowest BCUT2D eigenvalue weighted by Gasteiger charge is -2.17. The molecule has 0 unspecified atom stereocenters. The van der Waals surface area contributed by atoms with E-state index in [1.165, 1.54) is 0 Å². The maximum absolute atomic E-state index is 11.8. The number of anilines is 1. The van der Waals surface area contributed by atoms with Gasteiger partial charge in [-0.1, -0.05) is 31.5 Å². The van der Waals surface area contributed by atoms with Gasteiger partial charge < -0.3 is 20.5 Å². The van der Waals surface area contributed by atoms with Gasteiger partial charge in [-0.25, -0.2) is 0 Å². The number of amides is 1. The third-order valence-corrected chi connectivity index (χ3v) is 2.94. The second-order valence-corrected chi connectivity index (χ2v) is 5.41. The molecule has 0 aliphatic carbocycles. The zero-order chi connectivity index (χ0) is 15.1. The van der Waals surface area contributed by atoms with E-state index in [1.54, 1.807) is 17.4 Å². The highest BCUT2D eigenvalue weighted by molar-refractivity contribution is 5.93. The minimum atomic E-state index is -1.20. The molecule has 5 heteroatoms. The van der Waals surface area contributed by atoms with E-state index in [-0.39, 0.29) is 12.3 Å². The Morgan fingerprint density at radius 1 is 1.25 bits per heavy atom. The van der Waals surface area contributed by atoms with E-state index in [0.717, 1.165) is 5.56 Å². The largest absolute Gasteiger partial charge is 0.544 e. The van der Waals surface area contributed by atoms with Gasteiger partial charge in [0.15, 0.2) is 0 Å². The zero-order valence-corrected chi connectivity index (χ0v) is 12.2. The zero-order valence-electron chi connectivity index (χ0n) is 12.2. The minimum Gasteiger partial charge on any atom is -0.544 e. The fourth-order valence-electron chi connectivity index (χ4n) is 1.75. The summed E-state index contributed by atoms with van der Waals surface area (Å²) in [6.07, 6.45) is -0.0943. The smallest absolute Gasteiger partial charge is 0.230 e. The van der Waals surface area contributed by atoms with Crippen molar-refractivity contribution in [3.63, 3.8) is 0 Å². The van der Waals surface area contributed by atoms with Crippen LogP contribution in [0.15, 0.2) is 24.3 Å². The standard InChI is InChI=1S/C15H22N2O3/c1-10(2)9-16-13(15(19)20)8-14(18)17-12-6-4-11(3)5-7-12/h4-7,10,13,16H,8-9H2,1-3H3,(H,17,18)(H,19,20)/t13-/m1/s1. The molecule has 0 aromatic heterocycles. The summed E-state index contributed by atoms with van der Waals surface area (Å²) in [5.74, 6) is -1.16. The van der Waals surface area contributed by atoms with Gasteiger partial charge in [-0.05, 0) is 19.1 Å². The molecule has 0 radical (unpaired) electrons. The van der Waals surface area contributed by atoms with Crippen molar-refractivity contribution in [3.8, 4) is 0 Å². The molecule has 1 amide bonds. The number of carboxylic acids is 1. The van der Waals surface area contributed by atoms with Crippen LogP contribution in [0.3, 0.4) is 0 Å². The van der Waals surface area contributed by atoms with Gasteiger partial charge >= 0.3 is 0 Å². The molecular formula is C15H22N2O3. The molecule has 0 aliphatic heterocycles. The Morgan fingerprint density at radius 2 is 1.85 bits per heavy atom. The lowest BCUT2D eigenvalue weighted by molar-refractivity contribution is -0.686. The number of rotatable bonds is 7. The van der Waals surface area contributed by atoms with Crippen molar-refractivity contribution in [1.82, 2.24) is 0 Å². The average molecular weight is 278 g/mol. The summed E-state index contributed by atoms with van der Waals surface area (Å²) >= 11 is 0. The second-order valence-electron chi connectivity index (χ2n) is 5.41. The first-order valence-electron chi connectivity index (χ1n) is 6.79. The summed E-state index contributed by atoms with van der Waals surface area (Å²) in [5, 5.41) is 15.4. The Bertz CT molecular complexity index is 455. The van der Waals surface area contributed by atoms with Crippen LogP contribution in [-0.2, 0) is 9.59 Å². The van der Waals surface area contributed by atoms with Gasteiger partial charge in [-0.3, -0.25) is 4.79 Å². The molecule has 0 aliphatic rings. The molecule has 0 spiro atoms. The summed E-state index contributed by atoms with van der Waals surface area (Å²) in [6, 6.07) is 6.51. The molecule has 1 rings (SSSR count). The van der Waals surface area contributed by atoms with Crippen LogP contribution in [0.2, 0.25) is 0 Å².